The Morgan fingerprint density at radius 2 is 2.27 bits per heavy atom. The third-order valence-electron chi connectivity index (χ3n) is 1.39. The fourth-order valence-corrected chi connectivity index (χ4v) is 0.895. The zero-order valence-electron chi connectivity index (χ0n) is 5.63. The molecule has 0 saturated heterocycles. The molecule has 1 aromatic heterocycles. The average molecular weight is 144 g/mol. The third kappa shape index (κ3) is 1.03. The molecule has 0 bridgehead atoms. The predicted molar refractivity (Wildman–Crippen MR) is 40.2 cm³/mol. The van der Waals surface area contributed by atoms with Crippen molar-refractivity contribution in [2.24, 2.45) is 0 Å². The Bertz CT molecular complexity index is 429. The Hall–Kier alpha value is -1.57. The van der Waals surface area contributed by atoms with Crippen LogP contribution in [0.25, 0.3) is 11.0 Å². The topological polar surface area (TPSA) is 30.2 Å². The minimum atomic E-state index is -0.458. The van der Waals surface area contributed by atoms with Crippen LogP contribution in [0, 0.1) is 12.1 Å². The zero-order valence-corrected chi connectivity index (χ0v) is 5.63. The zero-order chi connectivity index (χ0) is 7.68. The van der Waals surface area contributed by atoms with Crippen molar-refractivity contribution in [1.82, 2.24) is 0 Å². The van der Waals surface area contributed by atoms with E-state index in [1.165, 1.54) is 0 Å². The lowest BCUT2D eigenvalue weighted by Gasteiger charge is -1.90. The summed E-state index contributed by atoms with van der Waals surface area (Å²) >= 11 is 0. The Kier molecular flexibility index (Phi) is 1.25. The van der Waals surface area contributed by atoms with Crippen molar-refractivity contribution in [3.05, 3.63) is 46.8 Å². The lowest BCUT2D eigenvalue weighted by atomic mass is 10.2. The van der Waals surface area contributed by atoms with Crippen molar-refractivity contribution in [3.63, 3.8) is 0 Å². The van der Waals surface area contributed by atoms with Crippen molar-refractivity contribution in [1.29, 1.82) is 0 Å². The maximum Gasteiger partial charge on any atom is 0.344 e. The monoisotopic (exact) mass is 144 g/mol. The van der Waals surface area contributed by atoms with Crippen LogP contribution in [0.4, 0.5) is 0 Å². The SMILES string of the molecule is O=c1[c]cc2ccc[c]c2o1. The minimum Gasteiger partial charge on any atom is -0.422 e. The highest BCUT2D eigenvalue weighted by molar-refractivity contribution is 5.74. The van der Waals surface area contributed by atoms with Crippen LogP contribution in [-0.4, -0.2) is 0 Å². The van der Waals surface area contributed by atoms with Gasteiger partial charge in [0.1, 0.15) is 5.58 Å². The largest absolute Gasteiger partial charge is 0.422 e. The first kappa shape index (κ1) is 6.16. The van der Waals surface area contributed by atoms with Gasteiger partial charge >= 0.3 is 5.63 Å². The van der Waals surface area contributed by atoms with Crippen molar-refractivity contribution in [2.45, 2.75) is 0 Å². The molecule has 0 aliphatic heterocycles. The maximum absolute atomic E-state index is 10.6. The van der Waals surface area contributed by atoms with E-state index in [9.17, 15) is 4.79 Å². The van der Waals surface area contributed by atoms with Crippen LogP contribution in [-0.2, 0) is 0 Å². The quantitative estimate of drug-likeness (QED) is 0.523. The highest BCUT2D eigenvalue weighted by Crippen LogP contribution is 2.07. The molecule has 0 amide bonds. The summed E-state index contributed by atoms with van der Waals surface area (Å²) in [6.07, 6.45) is 0. The van der Waals surface area contributed by atoms with Crippen LogP contribution in [0.15, 0.2) is 33.5 Å². The van der Waals surface area contributed by atoms with Crippen LogP contribution in [0.2, 0.25) is 0 Å². The van der Waals surface area contributed by atoms with Gasteiger partial charge in [-0.25, -0.2) is 4.79 Å². The summed E-state index contributed by atoms with van der Waals surface area (Å²) in [6, 6.07) is 12.2. The van der Waals surface area contributed by atoms with Gasteiger partial charge in [0.2, 0.25) is 0 Å². The smallest absolute Gasteiger partial charge is 0.344 e. The summed E-state index contributed by atoms with van der Waals surface area (Å²) in [5.41, 5.74) is 0.0243. The van der Waals surface area contributed by atoms with Gasteiger partial charge in [-0.1, -0.05) is 18.2 Å². The predicted octanol–water partition coefficient (Wildman–Crippen LogP) is 1.39. The Morgan fingerprint density at radius 1 is 1.36 bits per heavy atom. The Labute approximate surface area is 63.1 Å². The molecule has 0 fully saturated rings. The van der Waals surface area contributed by atoms with Gasteiger partial charge in [0, 0.05) is 11.5 Å². The molecule has 52 valence electrons. The standard InChI is InChI=1S/C9H4O2/c10-9-6-5-7-3-1-2-4-8(7)11-9/h1-3,5H. The summed E-state index contributed by atoms with van der Waals surface area (Å²) in [5.74, 6) is 0. The van der Waals surface area contributed by atoms with Gasteiger partial charge < -0.3 is 4.42 Å². The van der Waals surface area contributed by atoms with E-state index >= 15 is 0 Å². The minimum absolute atomic E-state index is 0.458. The summed E-state index contributed by atoms with van der Waals surface area (Å²) in [4.78, 5) is 10.6. The summed E-state index contributed by atoms with van der Waals surface area (Å²) in [7, 11) is 0. The van der Waals surface area contributed by atoms with Crippen LogP contribution < -0.4 is 5.63 Å². The third-order valence-corrected chi connectivity index (χ3v) is 1.39. The summed E-state index contributed by atoms with van der Waals surface area (Å²) in [5, 5.41) is 0.840. The Balaban J connectivity index is 2.94. The molecule has 0 spiro atoms. The van der Waals surface area contributed by atoms with E-state index in [4.69, 9.17) is 4.42 Å². The average Bonchev–Trinajstić information content (AvgIpc) is 2.04. The normalized spacial score (nSPS) is 10.2. The fourth-order valence-electron chi connectivity index (χ4n) is 0.895. The molecule has 1 aromatic carbocycles. The first-order valence-electron chi connectivity index (χ1n) is 3.18. The molecular weight excluding hydrogens is 140 g/mol. The van der Waals surface area contributed by atoms with Crippen molar-refractivity contribution < 1.29 is 4.42 Å². The van der Waals surface area contributed by atoms with Crippen molar-refractivity contribution in [3.8, 4) is 0 Å². The molecule has 0 atom stereocenters. The fraction of sp³-hybridized carbons (Fsp3) is 0. The molecule has 2 rings (SSSR count). The number of fused-ring (bicyclic) bond motifs is 1. The molecule has 2 heteroatoms. The van der Waals surface area contributed by atoms with Gasteiger partial charge in [-0.15, -0.1) is 0 Å². The first-order valence-corrected chi connectivity index (χ1v) is 3.18. The lowest BCUT2D eigenvalue weighted by Crippen LogP contribution is -1.94. The van der Waals surface area contributed by atoms with Gasteiger partial charge in [-0.2, -0.15) is 0 Å². The molecule has 0 saturated carbocycles. The maximum atomic E-state index is 10.6. The molecule has 2 radical (unpaired) electrons. The van der Waals surface area contributed by atoms with Crippen LogP contribution in [0.1, 0.15) is 0 Å². The van der Waals surface area contributed by atoms with E-state index in [0.29, 0.717) is 5.58 Å². The summed E-state index contributed by atoms with van der Waals surface area (Å²) < 4.78 is 4.79. The van der Waals surface area contributed by atoms with Crippen LogP contribution in [0.3, 0.4) is 0 Å². The van der Waals surface area contributed by atoms with Gasteiger partial charge in [0.25, 0.3) is 0 Å². The van der Waals surface area contributed by atoms with E-state index in [0.717, 1.165) is 5.39 Å². The van der Waals surface area contributed by atoms with Crippen LogP contribution in [0.5, 0.6) is 0 Å². The highest BCUT2D eigenvalue weighted by atomic mass is 16.4. The van der Waals surface area contributed by atoms with E-state index in [1.54, 1.807) is 12.1 Å². The molecular formula is C9H4O2. The van der Waals surface area contributed by atoms with Gasteiger partial charge in [-0.05, 0) is 6.07 Å². The lowest BCUT2D eigenvalue weighted by molar-refractivity contribution is 0.559. The number of rotatable bonds is 0. The second-order valence-corrected chi connectivity index (χ2v) is 2.13. The molecule has 0 aliphatic carbocycles. The number of hydrogen-bond acceptors (Lipinski definition) is 2. The molecule has 0 N–H and O–H groups in total. The second kappa shape index (κ2) is 2.23. The first-order chi connectivity index (χ1) is 5.36. The highest BCUT2D eigenvalue weighted by Gasteiger charge is 1.93. The van der Waals surface area contributed by atoms with Gasteiger partial charge in [-0.3, -0.25) is 0 Å². The van der Waals surface area contributed by atoms with Crippen LogP contribution >= 0.6 is 0 Å². The van der Waals surface area contributed by atoms with E-state index in [2.05, 4.69) is 12.1 Å². The van der Waals surface area contributed by atoms with E-state index in [-0.39, 0.29) is 0 Å². The molecule has 1 heterocycles. The molecule has 0 unspecified atom stereocenters. The molecule has 2 aromatic rings. The number of para-hydroxylation sites is 1. The van der Waals surface area contributed by atoms with E-state index in [1.807, 2.05) is 12.1 Å². The molecule has 0 aliphatic rings. The Morgan fingerprint density at radius 3 is 3.18 bits per heavy atom. The molecule has 11 heavy (non-hydrogen) atoms. The number of benzene rings is 1. The van der Waals surface area contributed by atoms with Gasteiger partial charge in [0.05, 0.1) is 6.07 Å². The van der Waals surface area contributed by atoms with Crippen molar-refractivity contribution >= 4 is 11.0 Å². The number of hydrogen-bond donors (Lipinski definition) is 0. The van der Waals surface area contributed by atoms with E-state index < -0.39 is 5.63 Å². The summed E-state index contributed by atoms with van der Waals surface area (Å²) in [6.45, 7) is 0. The van der Waals surface area contributed by atoms with Gasteiger partial charge in [0.15, 0.2) is 0 Å². The second-order valence-electron chi connectivity index (χ2n) is 2.13. The van der Waals surface area contributed by atoms with Crippen molar-refractivity contribution in [2.75, 3.05) is 0 Å². The molecule has 2 nitrogen and oxygen atoms in total.